The molecule has 0 unspecified atom stereocenters. The van der Waals surface area contributed by atoms with Crippen molar-refractivity contribution in [2.45, 2.75) is 23.7 Å². The molecule has 1 aromatic rings. The van der Waals surface area contributed by atoms with Crippen LogP contribution in [0.5, 0.6) is 5.75 Å². The summed E-state index contributed by atoms with van der Waals surface area (Å²) in [5.74, 6) is 0.110. The van der Waals surface area contributed by atoms with Gasteiger partial charge in [0, 0.05) is 0 Å². The van der Waals surface area contributed by atoms with E-state index in [-0.39, 0.29) is 12.4 Å². The van der Waals surface area contributed by atoms with E-state index >= 15 is 0 Å². The topological polar surface area (TPSA) is 69.4 Å². The highest BCUT2D eigenvalue weighted by molar-refractivity contribution is 7.92. The van der Waals surface area contributed by atoms with Gasteiger partial charge in [0.2, 0.25) is 0 Å². The number of hydrogen-bond acceptors (Lipinski definition) is 4. The molecule has 0 radical (unpaired) electrons. The van der Waals surface area contributed by atoms with Gasteiger partial charge in [-0.05, 0) is 37.6 Å². The Morgan fingerprint density at radius 3 is 2.47 bits per heavy atom. The summed E-state index contributed by atoms with van der Waals surface area (Å²) < 4.78 is 64.9. The first-order chi connectivity index (χ1) is 8.70. The third-order valence-corrected chi connectivity index (χ3v) is 3.86. The molecule has 1 rings (SSSR count). The maximum atomic E-state index is 12.4. The normalized spacial score (nSPS) is 12.5. The van der Waals surface area contributed by atoms with Crippen LogP contribution in [-0.4, -0.2) is 27.1 Å². The molecule has 0 amide bonds. The number of sulfone groups is 1. The first-order valence-electron chi connectivity index (χ1n) is 5.45. The molecule has 0 fully saturated rings. The van der Waals surface area contributed by atoms with Gasteiger partial charge in [0.05, 0.1) is 11.5 Å². The Kier molecular flexibility index (Phi) is 4.81. The van der Waals surface area contributed by atoms with Crippen molar-refractivity contribution in [3.63, 3.8) is 0 Å². The van der Waals surface area contributed by atoms with Crippen molar-refractivity contribution >= 4 is 9.84 Å². The second-order valence-electron chi connectivity index (χ2n) is 3.87. The molecule has 0 aromatic heterocycles. The molecular formula is C11H14F3NO3S. The lowest BCUT2D eigenvalue weighted by Gasteiger charge is -2.12. The summed E-state index contributed by atoms with van der Waals surface area (Å²) in [7, 11) is -5.35. The van der Waals surface area contributed by atoms with Gasteiger partial charge in [-0.3, -0.25) is 0 Å². The molecule has 0 bridgehead atoms. The Morgan fingerprint density at radius 2 is 1.95 bits per heavy atom. The minimum atomic E-state index is -5.35. The molecule has 8 heteroatoms. The highest BCUT2D eigenvalue weighted by Crippen LogP contribution is 2.32. The molecule has 1 aromatic carbocycles. The lowest BCUT2D eigenvalue weighted by atomic mass is 10.2. The summed E-state index contributed by atoms with van der Waals surface area (Å²) in [6.07, 6.45) is 0.524. The first-order valence-corrected chi connectivity index (χ1v) is 6.93. The van der Waals surface area contributed by atoms with Gasteiger partial charge in [0.15, 0.2) is 0 Å². The number of aryl methyl sites for hydroxylation is 1. The maximum Gasteiger partial charge on any atom is 0.501 e. The highest BCUT2D eigenvalue weighted by atomic mass is 32.2. The van der Waals surface area contributed by atoms with Crippen LogP contribution in [0.3, 0.4) is 0 Å². The second-order valence-corrected chi connectivity index (χ2v) is 5.81. The number of rotatable bonds is 5. The minimum absolute atomic E-state index is 0.110. The van der Waals surface area contributed by atoms with Gasteiger partial charge in [-0.2, -0.15) is 13.2 Å². The molecule has 4 nitrogen and oxygen atoms in total. The summed E-state index contributed by atoms with van der Waals surface area (Å²) in [5.41, 5.74) is 0.494. The Balaban J connectivity index is 3.09. The number of nitrogens with two attached hydrogens (primary N) is 1. The fourth-order valence-corrected chi connectivity index (χ4v) is 2.08. The van der Waals surface area contributed by atoms with Crippen LogP contribution >= 0.6 is 0 Å². The van der Waals surface area contributed by atoms with E-state index in [1.807, 2.05) is 0 Å². The van der Waals surface area contributed by atoms with Gasteiger partial charge in [-0.15, -0.1) is 0 Å². The predicted molar refractivity (Wildman–Crippen MR) is 63.6 cm³/mol. The molecule has 0 aliphatic rings. The number of ether oxygens (including phenoxy) is 1. The average Bonchev–Trinajstić information content (AvgIpc) is 2.30. The van der Waals surface area contributed by atoms with E-state index in [0.717, 1.165) is 12.1 Å². The van der Waals surface area contributed by atoms with E-state index in [1.54, 1.807) is 6.92 Å². The summed E-state index contributed by atoms with van der Waals surface area (Å²) in [6, 6.07) is 3.07. The van der Waals surface area contributed by atoms with Crippen LogP contribution in [0.2, 0.25) is 0 Å². The van der Waals surface area contributed by atoms with Gasteiger partial charge >= 0.3 is 5.51 Å². The average molecular weight is 297 g/mol. The van der Waals surface area contributed by atoms with Crippen molar-refractivity contribution in [2.24, 2.45) is 5.73 Å². The fourth-order valence-electron chi connectivity index (χ4n) is 1.30. The number of alkyl halides is 3. The fraction of sp³-hybridized carbons (Fsp3) is 0.455. The number of benzene rings is 1. The standard InChI is InChI=1S/C11H14F3NO3S/c1-8-3-4-9(19(16,17)11(12,13)14)7-10(8)18-6-2-5-15/h3-4,7H,2,5-6,15H2,1H3. The third kappa shape index (κ3) is 3.60. The van der Waals surface area contributed by atoms with Crippen LogP contribution in [0.15, 0.2) is 23.1 Å². The molecule has 2 N–H and O–H groups in total. The molecule has 0 atom stereocenters. The van der Waals surface area contributed by atoms with Gasteiger partial charge in [-0.25, -0.2) is 8.42 Å². The number of hydrogen-bond donors (Lipinski definition) is 1. The summed E-state index contributed by atoms with van der Waals surface area (Å²) in [6.45, 7) is 2.20. The van der Waals surface area contributed by atoms with Crippen molar-refractivity contribution in [1.29, 1.82) is 0 Å². The highest BCUT2D eigenvalue weighted by Gasteiger charge is 2.47. The SMILES string of the molecule is Cc1ccc(S(=O)(=O)C(F)(F)F)cc1OCCCN. The van der Waals surface area contributed by atoms with Crippen LogP contribution in [0, 0.1) is 6.92 Å². The van der Waals surface area contributed by atoms with Crippen LogP contribution in [-0.2, 0) is 9.84 Å². The molecule has 0 spiro atoms. The third-order valence-electron chi connectivity index (χ3n) is 2.38. The van der Waals surface area contributed by atoms with Crippen molar-refractivity contribution in [3.05, 3.63) is 23.8 Å². The molecule has 0 aliphatic carbocycles. The second kappa shape index (κ2) is 5.79. The predicted octanol–water partition coefficient (Wildman–Crippen LogP) is 2.02. The molecule has 0 heterocycles. The van der Waals surface area contributed by atoms with Gasteiger partial charge < -0.3 is 10.5 Å². The Labute approximate surface area is 109 Å². The van der Waals surface area contributed by atoms with Crippen molar-refractivity contribution in [1.82, 2.24) is 0 Å². The van der Waals surface area contributed by atoms with E-state index in [9.17, 15) is 21.6 Å². The molecule has 19 heavy (non-hydrogen) atoms. The summed E-state index contributed by atoms with van der Waals surface area (Å²) in [5, 5.41) is 0. The van der Waals surface area contributed by atoms with Crippen LogP contribution in [0.1, 0.15) is 12.0 Å². The zero-order valence-electron chi connectivity index (χ0n) is 10.2. The summed E-state index contributed by atoms with van der Waals surface area (Å²) in [4.78, 5) is -0.826. The monoisotopic (exact) mass is 297 g/mol. The molecule has 0 saturated carbocycles. The number of halogens is 3. The molecule has 0 saturated heterocycles. The van der Waals surface area contributed by atoms with E-state index in [2.05, 4.69) is 0 Å². The quantitative estimate of drug-likeness (QED) is 0.844. The lowest BCUT2D eigenvalue weighted by Crippen LogP contribution is -2.23. The molecule has 0 aliphatic heterocycles. The van der Waals surface area contributed by atoms with Crippen molar-refractivity contribution < 1.29 is 26.3 Å². The van der Waals surface area contributed by atoms with E-state index in [0.29, 0.717) is 18.5 Å². The zero-order chi connectivity index (χ0) is 14.7. The Bertz CT molecular complexity index is 541. The summed E-state index contributed by atoms with van der Waals surface area (Å²) >= 11 is 0. The Morgan fingerprint density at radius 1 is 1.32 bits per heavy atom. The van der Waals surface area contributed by atoms with E-state index < -0.39 is 20.2 Å². The van der Waals surface area contributed by atoms with Gasteiger partial charge in [0.1, 0.15) is 5.75 Å². The maximum absolute atomic E-state index is 12.4. The lowest BCUT2D eigenvalue weighted by molar-refractivity contribution is -0.0436. The van der Waals surface area contributed by atoms with E-state index in [1.165, 1.54) is 6.07 Å². The van der Waals surface area contributed by atoms with E-state index in [4.69, 9.17) is 10.5 Å². The smallest absolute Gasteiger partial charge is 0.493 e. The van der Waals surface area contributed by atoms with Gasteiger partial charge in [-0.1, -0.05) is 6.07 Å². The van der Waals surface area contributed by atoms with Crippen molar-refractivity contribution in [3.8, 4) is 5.75 Å². The van der Waals surface area contributed by atoms with Crippen molar-refractivity contribution in [2.75, 3.05) is 13.2 Å². The minimum Gasteiger partial charge on any atom is -0.493 e. The molecular weight excluding hydrogens is 283 g/mol. The van der Waals surface area contributed by atoms with Crippen LogP contribution in [0.4, 0.5) is 13.2 Å². The Hall–Kier alpha value is -1.28. The largest absolute Gasteiger partial charge is 0.501 e. The van der Waals surface area contributed by atoms with Gasteiger partial charge in [0.25, 0.3) is 9.84 Å². The van der Waals surface area contributed by atoms with Crippen LogP contribution in [0.25, 0.3) is 0 Å². The first kappa shape index (κ1) is 15.8. The molecule has 108 valence electrons. The zero-order valence-corrected chi connectivity index (χ0v) is 11.0. The van der Waals surface area contributed by atoms with Crippen LogP contribution < -0.4 is 10.5 Å².